The number of halogens is 2. The summed E-state index contributed by atoms with van der Waals surface area (Å²) in [6.45, 7) is 0.534. The summed E-state index contributed by atoms with van der Waals surface area (Å²) in [6, 6.07) is 14.9. The fraction of sp³-hybridized carbons (Fsp3) is 0.263. The molecule has 0 heterocycles. The number of carbonyl (C=O) groups excluding carboxylic acids is 2. The third-order valence-electron chi connectivity index (χ3n) is 4.04. The van der Waals surface area contributed by atoms with Crippen LogP contribution in [0.5, 0.6) is 0 Å². The average Bonchev–Trinajstić information content (AvgIpc) is 3.42. The van der Waals surface area contributed by atoms with E-state index in [0.29, 0.717) is 17.1 Å². The standard InChI is InChI=1S/C19H18BrClN2O2/c20-15-5-1-3-13(9-15)12-23(17-7-8-17)18(24)11-22-19(25)14-4-2-6-16(21)10-14/h1-6,9-10,17H,7-8,11-12H2,(H,22,25). The van der Waals surface area contributed by atoms with Crippen molar-refractivity contribution in [2.75, 3.05) is 6.54 Å². The number of nitrogens with zero attached hydrogens (tertiary/aromatic N) is 1. The maximum atomic E-state index is 12.6. The van der Waals surface area contributed by atoms with Gasteiger partial charge >= 0.3 is 0 Å². The minimum absolute atomic E-state index is 0.0180. The molecule has 0 aliphatic heterocycles. The van der Waals surface area contributed by atoms with Crippen LogP contribution < -0.4 is 5.32 Å². The lowest BCUT2D eigenvalue weighted by Gasteiger charge is -2.23. The van der Waals surface area contributed by atoms with E-state index in [1.807, 2.05) is 29.2 Å². The molecular weight excluding hydrogens is 404 g/mol. The van der Waals surface area contributed by atoms with Gasteiger partial charge in [-0.2, -0.15) is 0 Å². The normalized spacial score (nSPS) is 13.4. The van der Waals surface area contributed by atoms with Crippen molar-refractivity contribution in [1.82, 2.24) is 10.2 Å². The Labute approximate surface area is 160 Å². The number of hydrogen-bond donors (Lipinski definition) is 1. The van der Waals surface area contributed by atoms with E-state index in [0.717, 1.165) is 22.9 Å². The summed E-state index contributed by atoms with van der Waals surface area (Å²) in [6.07, 6.45) is 2.03. The van der Waals surface area contributed by atoms with Gasteiger partial charge in [-0.1, -0.05) is 45.7 Å². The van der Waals surface area contributed by atoms with Gasteiger partial charge in [0.05, 0.1) is 6.54 Å². The van der Waals surface area contributed by atoms with Crippen molar-refractivity contribution in [3.05, 3.63) is 69.2 Å². The van der Waals surface area contributed by atoms with E-state index in [2.05, 4.69) is 21.2 Å². The lowest BCUT2D eigenvalue weighted by molar-refractivity contribution is -0.131. The smallest absolute Gasteiger partial charge is 0.251 e. The van der Waals surface area contributed by atoms with Crippen molar-refractivity contribution >= 4 is 39.3 Å². The van der Waals surface area contributed by atoms with Crippen LogP contribution in [-0.2, 0) is 11.3 Å². The highest BCUT2D eigenvalue weighted by molar-refractivity contribution is 9.10. The fourth-order valence-corrected chi connectivity index (χ4v) is 3.27. The molecule has 0 bridgehead atoms. The fourth-order valence-electron chi connectivity index (χ4n) is 2.63. The Kier molecular flexibility index (Phi) is 5.76. The van der Waals surface area contributed by atoms with Crippen LogP contribution in [0.4, 0.5) is 0 Å². The van der Waals surface area contributed by atoms with Gasteiger partial charge in [0.15, 0.2) is 0 Å². The minimum atomic E-state index is -0.297. The van der Waals surface area contributed by atoms with Gasteiger partial charge in [0.2, 0.25) is 5.91 Å². The van der Waals surface area contributed by atoms with Gasteiger partial charge in [-0.05, 0) is 48.7 Å². The van der Waals surface area contributed by atoms with Gasteiger partial charge < -0.3 is 10.2 Å². The van der Waals surface area contributed by atoms with Crippen molar-refractivity contribution in [3.8, 4) is 0 Å². The lowest BCUT2D eigenvalue weighted by atomic mass is 10.2. The predicted molar refractivity (Wildman–Crippen MR) is 101 cm³/mol. The highest BCUT2D eigenvalue weighted by atomic mass is 79.9. The quantitative estimate of drug-likeness (QED) is 0.766. The molecule has 25 heavy (non-hydrogen) atoms. The number of benzene rings is 2. The van der Waals surface area contributed by atoms with E-state index in [9.17, 15) is 9.59 Å². The summed E-state index contributed by atoms with van der Waals surface area (Å²) in [5.41, 5.74) is 1.51. The second-order valence-electron chi connectivity index (χ2n) is 6.08. The molecule has 2 amide bonds. The molecule has 3 rings (SSSR count). The van der Waals surface area contributed by atoms with Crippen molar-refractivity contribution < 1.29 is 9.59 Å². The number of carbonyl (C=O) groups is 2. The van der Waals surface area contributed by atoms with Gasteiger partial charge in [-0.25, -0.2) is 0 Å². The van der Waals surface area contributed by atoms with Crippen LogP contribution in [0.2, 0.25) is 5.02 Å². The molecule has 1 N–H and O–H groups in total. The minimum Gasteiger partial charge on any atom is -0.343 e. The van der Waals surface area contributed by atoms with Crippen LogP contribution in [0, 0.1) is 0 Å². The molecule has 6 heteroatoms. The van der Waals surface area contributed by atoms with Gasteiger partial charge in [-0.3, -0.25) is 9.59 Å². The first-order chi connectivity index (χ1) is 12.0. The van der Waals surface area contributed by atoms with Crippen molar-refractivity contribution in [2.24, 2.45) is 0 Å². The molecule has 2 aromatic carbocycles. The first kappa shape index (κ1) is 18.0. The third kappa shape index (κ3) is 5.06. The van der Waals surface area contributed by atoms with Crippen LogP contribution in [-0.4, -0.2) is 29.3 Å². The highest BCUT2D eigenvalue weighted by Crippen LogP contribution is 2.28. The summed E-state index contributed by atoms with van der Waals surface area (Å²) in [7, 11) is 0. The molecule has 1 aliphatic carbocycles. The molecular formula is C19H18BrClN2O2. The maximum absolute atomic E-state index is 12.6. The molecule has 0 spiro atoms. The largest absolute Gasteiger partial charge is 0.343 e. The summed E-state index contributed by atoms with van der Waals surface area (Å²) < 4.78 is 0.988. The van der Waals surface area contributed by atoms with E-state index in [4.69, 9.17) is 11.6 Å². The van der Waals surface area contributed by atoms with E-state index < -0.39 is 0 Å². The summed E-state index contributed by atoms with van der Waals surface area (Å²) in [5.74, 6) is -0.369. The average molecular weight is 422 g/mol. The van der Waals surface area contributed by atoms with Crippen molar-refractivity contribution in [3.63, 3.8) is 0 Å². The van der Waals surface area contributed by atoms with Crippen LogP contribution in [0.1, 0.15) is 28.8 Å². The Hall–Kier alpha value is -1.85. The predicted octanol–water partition coefficient (Wildman–Crippen LogP) is 4.02. The van der Waals surface area contributed by atoms with Crippen LogP contribution >= 0.6 is 27.5 Å². The zero-order chi connectivity index (χ0) is 17.8. The summed E-state index contributed by atoms with van der Waals surface area (Å²) in [4.78, 5) is 26.6. The molecule has 0 saturated heterocycles. The second-order valence-corrected chi connectivity index (χ2v) is 7.43. The summed E-state index contributed by atoms with van der Waals surface area (Å²) in [5, 5.41) is 3.18. The topological polar surface area (TPSA) is 49.4 Å². The zero-order valence-corrected chi connectivity index (χ0v) is 15.9. The Morgan fingerprint density at radius 3 is 2.60 bits per heavy atom. The van der Waals surface area contributed by atoms with E-state index in [1.165, 1.54) is 0 Å². The number of rotatable bonds is 6. The van der Waals surface area contributed by atoms with Crippen LogP contribution in [0.15, 0.2) is 53.0 Å². The number of nitrogens with one attached hydrogen (secondary N) is 1. The monoisotopic (exact) mass is 420 g/mol. The first-order valence-corrected chi connectivity index (χ1v) is 9.28. The molecule has 0 aromatic heterocycles. The van der Waals surface area contributed by atoms with Crippen molar-refractivity contribution in [1.29, 1.82) is 0 Å². The first-order valence-electron chi connectivity index (χ1n) is 8.10. The van der Waals surface area contributed by atoms with Crippen LogP contribution in [0.25, 0.3) is 0 Å². The van der Waals surface area contributed by atoms with E-state index in [1.54, 1.807) is 24.3 Å². The van der Waals surface area contributed by atoms with Gasteiger partial charge in [0, 0.05) is 27.6 Å². The Bertz CT molecular complexity index is 792. The highest BCUT2D eigenvalue weighted by Gasteiger charge is 2.32. The summed E-state index contributed by atoms with van der Waals surface area (Å²) >= 11 is 9.35. The Balaban J connectivity index is 1.60. The number of hydrogen-bond acceptors (Lipinski definition) is 2. The van der Waals surface area contributed by atoms with E-state index >= 15 is 0 Å². The molecule has 1 aliphatic rings. The molecule has 0 radical (unpaired) electrons. The molecule has 4 nitrogen and oxygen atoms in total. The molecule has 1 saturated carbocycles. The van der Waals surface area contributed by atoms with E-state index in [-0.39, 0.29) is 24.4 Å². The van der Waals surface area contributed by atoms with Gasteiger partial charge in [0.1, 0.15) is 0 Å². The molecule has 1 fully saturated rings. The van der Waals surface area contributed by atoms with Gasteiger partial charge in [0.25, 0.3) is 5.91 Å². The molecule has 0 atom stereocenters. The maximum Gasteiger partial charge on any atom is 0.251 e. The molecule has 0 unspecified atom stereocenters. The second kappa shape index (κ2) is 8.02. The SMILES string of the molecule is O=C(NCC(=O)N(Cc1cccc(Br)c1)C1CC1)c1cccc(Cl)c1. The molecule has 2 aromatic rings. The third-order valence-corrected chi connectivity index (χ3v) is 4.77. The Morgan fingerprint density at radius 1 is 1.16 bits per heavy atom. The Morgan fingerprint density at radius 2 is 1.92 bits per heavy atom. The lowest BCUT2D eigenvalue weighted by Crippen LogP contribution is -2.41. The van der Waals surface area contributed by atoms with Crippen LogP contribution in [0.3, 0.4) is 0 Å². The molecule has 130 valence electrons. The van der Waals surface area contributed by atoms with Crippen molar-refractivity contribution in [2.45, 2.75) is 25.4 Å². The van der Waals surface area contributed by atoms with Gasteiger partial charge in [-0.15, -0.1) is 0 Å². The zero-order valence-electron chi connectivity index (χ0n) is 13.5. The number of amides is 2.